The van der Waals surface area contributed by atoms with Gasteiger partial charge in [0.15, 0.2) is 0 Å². The first-order valence-corrected chi connectivity index (χ1v) is 17.3. The molecule has 0 amide bonds. The molecule has 2 aliphatic rings. The van der Waals surface area contributed by atoms with Gasteiger partial charge in [0, 0.05) is 11.5 Å². The van der Waals surface area contributed by atoms with E-state index in [1.807, 2.05) is 0 Å². The fourth-order valence-electron chi connectivity index (χ4n) is 8.21. The first-order chi connectivity index (χ1) is 23.7. The molecule has 2 atom stereocenters. The fourth-order valence-corrected chi connectivity index (χ4v) is 8.21. The molecule has 6 aromatic carbocycles. The van der Waals surface area contributed by atoms with Gasteiger partial charge >= 0.3 is 0 Å². The van der Waals surface area contributed by atoms with Crippen molar-refractivity contribution < 1.29 is 0 Å². The van der Waals surface area contributed by atoms with Crippen LogP contribution in [0, 0.1) is 0 Å². The van der Waals surface area contributed by atoms with Crippen LogP contribution in [0.4, 0.5) is 0 Å². The predicted octanol–water partition coefficient (Wildman–Crippen LogP) is 11.9. The summed E-state index contributed by atoms with van der Waals surface area (Å²) in [6.45, 7) is 4.50. The van der Waals surface area contributed by atoms with Crippen molar-refractivity contribution in [2.75, 3.05) is 0 Å². The van der Waals surface area contributed by atoms with Crippen molar-refractivity contribution in [1.29, 1.82) is 0 Å². The maximum Gasteiger partial charge on any atom is 0.0711 e. The first-order valence-electron chi connectivity index (χ1n) is 17.3. The number of hydrogen-bond donors (Lipinski definition) is 0. The van der Waals surface area contributed by atoms with Crippen LogP contribution in [0.5, 0.6) is 0 Å². The third-order valence-corrected chi connectivity index (χ3v) is 10.6. The summed E-state index contributed by atoms with van der Waals surface area (Å²) in [7, 11) is 0. The zero-order valence-corrected chi connectivity index (χ0v) is 27.4. The lowest BCUT2D eigenvalue weighted by Gasteiger charge is -2.23. The minimum Gasteiger partial charge on any atom is -0.252 e. The molecule has 0 radical (unpaired) electrons. The molecule has 48 heavy (non-hydrogen) atoms. The minimum atomic E-state index is 0.00755. The molecule has 2 unspecified atom stereocenters. The van der Waals surface area contributed by atoms with E-state index in [9.17, 15) is 0 Å². The van der Waals surface area contributed by atoms with E-state index in [0.29, 0.717) is 0 Å². The van der Waals surface area contributed by atoms with Crippen molar-refractivity contribution in [3.05, 3.63) is 196 Å². The topological polar surface area (TPSA) is 12.9 Å². The van der Waals surface area contributed by atoms with Crippen molar-refractivity contribution in [2.24, 2.45) is 0 Å². The molecule has 230 valence electrons. The van der Waals surface area contributed by atoms with Gasteiger partial charge in [-0.25, -0.2) is 0 Å². The number of aryl methyl sites for hydroxylation is 2. The van der Waals surface area contributed by atoms with Crippen molar-refractivity contribution in [3.63, 3.8) is 0 Å². The zero-order chi connectivity index (χ0) is 32.2. The van der Waals surface area contributed by atoms with Crippen LogP contribution in [-0.2, 0) is 12.8 Å². The maximum atomic E-state index is 5.55. The van der Waals surface area contributed by atoms with E-state index in [4.69, 9.17) is 4.98 Å². The summed E-state index contributed by atoms with van der Waals surface area (Å²) in [4.78, 5) is 5.55. The van der Waals surface area contributed by atoms with E-state index in [1.165, 1.54) is 72.3 Å². The minimum absolute atomic E-state index is 0.00755. The molecule has 9 rings (SSSR count). The van der Waals surface area contributed by atoms with Gasteiger partial charge in [0.1, 0.15) is 0 Å². The Bertz CT molecular complexity index is 2240. The molecule has 7 aromatic rings. The summed E-state index contributed by atoms with van der Waals surface area (Å²) in [5.74, 6) is 0.165. The smallest absolute Gasteiger partial charge is 0.0711 e. The second-order valence-electron chi connectivity index (χ2n) is 13.2. The Morgan fingerprint density at radius 1 is 0.438 bits per heavy atom. The summed E-state index contributed by atoms with van der Waals surface area (Å²) < 4.78 is 0. The van der Waals surface area contributed by atoms with E-state index >= 15 is 0 Å². The lowest BCUT2D eigenvalue weighted by molar-refractivity contribution is 0.905. The average Bonchev–Trinajstić information content (AvgIpc) is 3.67. The molecule has 1 heterocycles. The number of nitrogens with zero attached hydrogens (tertiary/aromatic N) is 1. The largest absolute Gasteiger partial charge is 0.252 e. The Hall–Kier alpha value is -5.53. The van der Waals surface area contributed by atoms with Crippen molar-refractivity contribution in [3.8, 4) is 44.6 Å². The highest BCUT2D eigenvalue weighted by Crippen LogP contribution is 2.58. The van der Waals surface area contributed by atoms with Gasteiger partial charge in [-0.1, -0.05) is 153 Å². The van der Waals surface area contributed by atoms with Gasteiger partial charge in [-0.2, -0.15) is 0 Å². The van der Waals surface area contributed by atoms with Crippen LogP contribution < -0.4 is 0 Å². The lowest BCUT2D eigenvalue weighted by atomic mass is 9.81. The Labute approximate surface area is 283 Å². The van der Waals surface area contributed by atoms with Gasteiger partial charge in [0.05, 0.1) is 17.3 Å². The molecule has 0 fully saturated rings. The third kappa shape index (κ3) is 4.57. The Morgan fingerprint density at radius 3 is 1.54 bits per heavy atom. The highest BCUT2D eigenvalue weighted by atomic mass is 14.7. The summed E-state index contributed by atoms with van der Waals surface area (Å²) in [5, 5.41) is 0. The van der Waals surface area contributed by atoms with Crippen molar-refractivity contribution in [1.82, 2.24) is 4.98 Å². The van der Waals surface area contributed by atoms with E-state index < -0.39 is 0 Å². The number of aromatic nitrogens is 1. The van der Waals surface area contributed by atoms with Crippen LogP contribution in [0.3, 0.4) is 0 Å². The van der Waals surface area contributed by atoms with Crippen LogP contribution in [0.1, 0.15) is 70.3 Å². The van der Waals surface area contributed by atoms with Crippen molar-refractivity contribution in [2.45, 2.75) is 38.5 Å². The van der Waals surface area contributed by atoms with E-state index in [1.54, 1.807) is 0 Å². The summed E-state index contributed by atoms with van der Waals surface area (Å²) in [6, 6.07) is 56.3. The molecule has 1 nitrogen and oxygen atoms in total. The molecular weight excluding hydrogens is 579 g/mol. The maximum absolute atomic E-state index is 5.55. The molecule has 2 aliphatic carbocycles. The second-order valence-corrected chi connectivity index (χ2v) is 13.2. The molecule has 0 aliphatic heterocycles. The lowest BCUT2D eigenvalue weighted by Crippen LogP contribution is -2.09. The first kappa shape index (κ1) is 28.7. The quantitative estimate of drug-likeness (QED) is 0.181. The summed E-state index contributed by atoms with van der Waals surface area (Å²) in [5.41, 5.74) is 20.8. The number of pyridine rings is 1. The Morgan fingerprint density at radius 2 is 0.958 bits per heavy atom. The Kier molecular flexibility index (Phi) is 6.94. The van der Waals surface area contributed by atoms with Gasteiger partial charge in [-0.05, 0) is 97.3 Å². The molecule has 0 spiro atoms. The molecule has 0 saturated heterocycles. The van der Waals surface area contributed by atoms with Crippen molar-refractivity contribution >= 4 is 0 Å². The zero-order valence-electron chi connectivity index (χ0n) is 27.4. The monoisotopic (exact) mass is 615 g/mol. The van der Waals surface area contributed by atoms with Gasteiger partial charge in [0.2, 0.25) is 0 Å². The van der Waals surface area contributed by atoms with Gasteiger partial charge in [-0.3, -0.25) is 4.98 Å². The standard InChI is InChI=1S/C47H37N/c1-3-30-20-22-36-40(26-30)38-24-25-39-41-27-31(4-2)21-23-37(41)45(47(39)46(38)44(36)34-18-12-7-13-19-34)43-29-35(32-14-8-5-9-15-32)28-42(48-43)33-16-10-6-11-17-33/h5-29,44-45H,3-4H2,1-2H3. The molecular formula is C47H37N. The van der Waals surface area contributed by atoms with Gasteiger partial charge in [0.25, 0.3) is 0 Å². The van der Waals surface area contributed by atoms with Crippen LogP contribution in [0.25, 0.3) is 44.6 Å². The van der Waals surface area contributed by atoms with E-state index in [-0.39, 0.29) is 11.8 Å². The van der Waals surface area contributed by atoms with Gasteiger partial charge < -0.3 is 0 Å². The number of fused-ring (bicyclic) bond motifs is 7. The molecule has 1 heteroatoms. The third-order valence-electron chi connectivity index (χ3n) is 10.6. The average molecular weight is 616 g/mol. The molecule has 0 N–H and O–H groups in total. The number of benzene rings is 6. The predicted molar refractivity (Wildman–Crippen MR) is 200 cm³/mol. The van der Waals surface area contributed by atoms with Crippen LogP contribution >= 0.6 is 0 Å². The molecule has 0 bridgehead atoms. The number of hydrogen-bond acceptors (Lipinski definition) is 1. The van der Waals surface area contributed by atoms with Gasteiger partial charge in [-0.15, -0.1) is 0 Å². The van der Waals surface area contributed by atoms with Crippen LogP contribution in [0.2, 0.25) is 0 Å². The molecule has 1 aromatic heterocycles. The Balaban J connectivity index is 1.36. The molecule has 0 saturated carbocycles. The van der Waals surface area contributed by atoms with E-state index in [0.717, 1.165) is 29.8 Å². The highest BCUT2D eigenvalue weighted by molar-refractivity contribution is 5.91. The summed E-state index contributed by atoms with van der Waals surface area (Å²) >= 11 is 0. The van der Waals surface area contributed by atoms with E-state index in [2.05, 4.69) is 166 Å². The van der Waals surface area contributed by atoms with Crippen LogP contribution in [0.15, 0.2) is 152 Å². The number of rotatable bonds is 6. The highest BCUT2D eigenvalue weighted by Gasteiger charge is 2.40. The van der Waals surface area contributed by atoms with Crippen LogP contribution in [-0.4, -0.2) is 4.98 Å². The second kappa shape index (κ2) is 11.6. The SMILES string of the molecule is CCc1ccc2c(c1)-c1ccc3c(c1C2c1ccccc1)C(c1cc(-c2ccccc2)cc(-c2ccccc2)n1)c1ccc(CC)cc1-3. The fraction of sp³-hybridized carbons (Fsp3) is 0.128. The summed E-state index contributed by atoms with van der Waals surface area (Å²) in [6.07, 6.45) is 2.03. The normalized spacial score (nSPS) is 15.5.